The second-order valence-electron chi connectivity index (χ2n) is 5.94. The molecule has 2 aromatic rings. The molecule has 0 spiro atoms. The summed E-state index contributed by atoms with van der Waals surface area (Å²) in [6, 6.07) is 1.85. The summed E-state index contributed by atoms with van der Waals surface area (Å²) >= 11 is 1.41. The van der Waals surface area contributed by atoms with E-state index in [9.17, 15) is 4.79 Å². The first kappa shape index (κ1) is 13.8. The normalized spacial score (nSPS) is 11.8. The van der Waals surface area contributed by atoms with Gasteiger partial charge in [-0.1, -0.05) is 20.8 Å². The predicted octanol–water partition coefficient (Wildman–Crippen LogP) is 3.00. The Kier molecular flexibility index (Phi) is 3.49. The molecule has 0 atom stereocenters. The van der Waals surface area contributed by atoms with Gasteiger partial charge >= 0.3 is 0 Å². The Labute approximate surface area is 117 Å². The SMILES string of the molecule is CN(CC(C)(C)C)C(=O)c1sc2cnccc2c1N. The number of hydrogen-bond donors (Lipinski definition) is 1. The van der Waals surface area contributed by atoms with E-state index >= 15 is 0 Å². The topological polar surface area (TPSA) is 59.2 Å². The van der Waals surface area contributed by atoms with Crippen LogP contribution >= 0.6 is 11.3 Å². The zero-order valence-electron chi connectivity index (χ0n) is 11.7. The lowest BCUT2D eigenvalue weighted by molar-refractivity contribution is 0.0751. The lowest BCUT2D eigenvalue weighted by Crippen LogP contribution is -2.34. The Hall–Kier alpha value is -1.62. The first-order valence-corrected chi connectivity index (χ1v) is 6.99. The van der Waals surface area contributed by atoms with Gasteiger partial charge in [-0.2, -0.15) is 0 Å². The summed E-state index contributed by atoms with van der Waals surface area (Å²) in [6.07, 6.45) is 3.44. The van der Waals surface area contributed by atoms with Crippen molar-refractivity contribution in [1.82, 2.24) is 9.88 Å². The van der Waals surface area contributed by atoms with Crippen LogP contribution in [0.1, 0.15) is 30.4 Å². The molecule has 2 aromatic heterocycles. The molecule has 2 heterocycles. The monoisotopic (exact) mass is 277 g/mol. The molecular weight excluding hydrogens is 258 g/mol. The smallest absolute Gasteiger partial charge is 0.265 e. The minimum Gasteiger partial charge on any atom is -0.397 e. The summed E-state index contributed by atoms with van der Waals surface area (Å²) in [5.41, 5.74) is 6.71. The molecule has 0 aromatic carbocycles. The van der Waals surface area contributed by atoms with Crippen molar-refractivity contribution in [2.75, 3.05) is 19.3 Å². The number of nitrogen functional groups attached to an aromatic ring is 1. The first-order chi connectivity index (χ1) is 8.79. The minimum atomic E-state index is -0.0198. The number of pyridine rings is 1. The fraction of sp³-hybridized carbons (Fsp3) is 0.429. The summed E-state index contributed by atoms with van der Waals surface area (Å²) in [4.78, 5) is 18.8. The Balaban J connectivity index is 2.34. The average Bonchev–Trinajstić information content (AvgIpc) is 2.64. The maximum atomic E-state index is 12.4. The van der Waals surface area contributed by atoms with Crippen molar-refractivity contribution in [3.05, 3.63) is 23.3 Å². The van der Waals surface area contributed by atoms with Crippen molar-refractivity contribution < 1.29 is 4.79 Å². The van der Waals surface area contributed by atoms with Crippen molar-refractivity contribution >= 4 is 33.0 Å². The van der Waals surface area contributed by atoms with Gasteiger partial charge in [-0.3, -0.25) is 9.78 Å². The summed E-state index contributed by atoms with van der Waals surface area (Å²) in [5, 5.41) is 0.910. The average molecular weight is 277 g/mol. The van der Waals surface area contributed by atoms with Gasteiger partial charge in [0.1, 0.15) is 4.88 Å². The molecule has 5 heteroatoms. The molecular formula is C14H19N3OS. The molecule has 0 aliphatic rings. The van der Waals surface area contributed by atoms with Gasteiger partial charge < -0.3 is 10.6 Å². The van der Waals surface area contributed by atoms with E-state index in [-0.39, 0.29) is 11.3 Å². The largest absolute Gasteiger partial charge is 0.397 e. The number of nitrogens with zero attached hydrogens (tertiary/aromatic N) is 2. The molecule has 19 heavy (non-hydrogen) atoms. The third-order valence-corrected chi connectivity index (χ3v) is 3.93. The Morgan fingerprint density at radius 1 is 1.47 bits per heavy atom. The minimum absolute atomic E-state index is 0.0198. The van der Waals surface area contributed by atoms with E-state index in [2.05, 4.69) is 25.8 Å². The molecule has 0 bridgehead atoms. The van der Waals surface area contributed by atoms with Gasteiger partial charge in [0.05, 0.1) is 10.4 Å². The van der Waals surface area contributed by atoms with Crippen LogP contribution in [0, 0.1) is 5.41 Å². The van der Waals surface area contributed by atoms with Crippen LogP contribution in [0.4, 0.5) is 5.69 Å². The van der Waals surface area contributed by atoms with E-state index in [1.807, 2.05) is 13.1 Å². The molecule has 4 nitrogen and oxygen atoms in total. The number of rotatable bonds is 2. The molecule has 0 aliphatic heterocycles. The lowest BCUT2D eigenvalue weighted by Gasteiger charge is -2.26. The van der Waals surface area contributed by atoms with Crippen molar-refractivity contribution in [2.45, 2.75) is 20.8 Å². The molecule has 0 unspecified atom stereocenters. The molecule has 0 aliphatic carbocycles. The number of fused-ring (bicyclic) bond motifs is 1. The number of thiophene rings is 1. The zero-order chi connectivity index (χ0) is 14.2. The second-order valence-corrected chi connectivity index (χ2v) is 6.99. The summed E-state index contributed by atoms with van der Waals surface area (Å²) < 4.78 is 0.951. The molecule has 2 N–H and O–H groups in total. The van der Waals surface area contributed by atoms with Gasteiger partial charge in [0.2, 0.25) is 0 Å². The number of aromatic nitrogens is 1. The number of amides is 1. The Morgan fingerprint density at radius 3 is 2.74 bits per heavy atom. The second kappa shape index (κ2) is 4.81. The summed E-state index contributed by atoms with van der Waals surface area (Å²) in [7, 11) is 1.82. The molecule has 0 saturated heterocycles. The highest BCUT2D eigenvalue weighted by Crippen LogP contribution is 2.33. The van der Waals surface area contributed by atoms with E-state index in [0.717, 1.165) is 10.1 Å². The van der Waals surface area contributed by atoms with Crippen LogP contribution in [0.5, 0.6) is 0 Å². The number of carbonyl (C=O) groups is 1. The summed E-state index contributed by atoms with van der Waals surface area (Å²) in [5.74, 6) is -0.0198. The predicted molar refractivity (Wildman–Crippen MR) is 80.4 cm³/mol. The summed E-state index contributed by atoms with van der Waals surface area (Å²) in [6.45, 7) is 7.01. The van der Waals surface area contributed by atoms with Crippen molar-refractivity contribution in [2.24, 2.45) is 5.41 Å². The van der Waals surface area contributed by atoms with E-state index < -0.39 is 0 Å². The highest BCUT2D eigenvalue weighted by Gasteiger charge is 2.23. The fourth-order valence-electron chi connectivity index (χ4n) is 2.09. The maximum absolute atomic E-state index is 12.4. The number of nitrogens with two attached hydrogens (primary N) is 1. The number of hydrogen-bond acceptors (Lipinski definition) is 4. The van der Waals surface area contributed by atoms with Gasteiger partial charge in [0.15, 0.2) is 0 Å². The molecule has 0 radical (unpaired) electrons. The quantitative estimate of drug-likeness (QED) is 0.918. The van der Waals surface area contributed by atoms with E-state index in [4.69, 9.17) is 5.73 Å². The molecule has 0 saturated carbocycles. The highest BCUT2D eigenvalue weighted by molar-refractivity contribution is 7.21. The standard InChI is InChI=1S/C14H19N3OS/c1-14(2,3)8-17(4)13(18)12-11(15)9-5-6-16-7-10(9)19-12/h5-7H,8,15H2,1-4H3. The third-order valence-electron chi connectivity index (χ3n) is 2.78. The van der Waals surface area contributed by atoms with Crippen LogP contribution in [0.3, 0.4) is 0 Å². The van der Waals surface area contributed by atoms with E-state index in [0.29, 0.717) is 17.1 Å². The van der Waals surface area contributed by atoms with Gasteiger partial charge in [0.25, 0.3) is 5.91 Å². The zero-order valence-corrected chi connectivity index (χ0v) is 12.5. The van der Waals surface area contributed by atoms with Gasteiger partial charge in [-0.25, -0.2) is 0 Å². The highest BCUT2D eigenvalue weighted by atomic mass is 32.1. The number of anilines is 1. The molecule has 1 amide bonds. The lowest BCUT2D eigenvalue weighted by atomic mass is 9.96. The fourth-order valence-corrected chi connectivity index (χ4v) is 3.17. The Morgan fingerprint density at radius 2 is 2.16 bits per heavy atom. The molecule has 102 valence electrons. The number of carbonyl (C=O) groups excluding carboxylic acids is 1. The van der Waals surface area contributed by atoms with E-state index in [1.165, 1.54) is 11.3 Å². The van der Waals surface area contributed by atoms with Crippen molar-refractivity contribution in [3.8, 4) is 0 Å². The van der Waals surface area contributed by atoms with Crippen LogP contribution in [-0.4, -0.2) is 29.4 Å². The van der Waals surface area contributed by atoms with Crippen LogP contribution in [-0.2, 0) is 0 Å². The van der Waals surface area contributed by atoms with Crippen LogP contribution in [0.25, 0.3) is 10.1 Å². The van der Waals surface area contributed by atoms with Crippen LogP contribution in [0.15, 0.2) is 18.5 Å². The van der Waals surface area contributed by atoms with Gasteiger partial charge in [-0.05, 0) is 11.5 Å². The Bertz CT molecular complexity index is 613. The maximum Gasteiger partial charge on any atom is 0.265 e. The van der Waals surface area contributed by atoms with Gasteiger partial charge in [0, 0.05) is 31.4 Å². The molecule has 2 rings (SSSR count). The van der Waals surface area contributed by atoms with Crippen LogP contribution in [0.2, 0.25) is 0 Å². The molecule has 0 fully saturated rings. The van der Waals surface area contributed by atoms with E-state index in [1.54, 1.807) is 17.3 Å². The third kappa shape index (κ3) is 2.87. The van der Waals surface area contributed by atoms with Gasteiger partial charge in [-0.15, -0.1) is 11.3 Å². The van der Waals surface area contributed by atoms with Crippen molar-refractivity contribution in [1.29, 1.82) is 0 Å². The first-order valence-electron chi connectivity index (χ1n) is 6.17. The van der Waals surface area contributed by atoms with Crippen LogP contribution < -0.4 is 5.73 Å². The van der Waals surface area contributed by atoms with Crippen molar-refractivity contribution in [3.63, 3.8) is 0 Å².